The molecule has 14 heteroatoms. The number of carbonyl (C=O) groups excluding carboxylic acids is 2. The third kappa shape index (κ3) is 4.96. The zero-order valence-corrected chi connectivity index (χ0v) is 20.6. The van der Waals surface area contributed by atoms with E-state index >= 15 is 0 Å². The zero-order valence-electron chi connectivity index (χ0n) is 19.0. The minimum Gasteiger partial charge on any atom is -0.454 e. The molecule has 0 unspecified atom stereocenters. The molecule has 3 aromatic rings. The Morgan fingerprint density at radius 2 is 1.71 bits per heavy atom. The summed E-state index contributed by atoms with van der Waals surface area (Å²) in [6.45, 7) is 0.0201. The number of hydrogen-bond donors (Lipinski definition) is 0. The molecule has 2 heterocycles. The lowest BCUT2D eigenvalue weighted by atomic mass is 10.1. The Bertz CT molecular complexity index is 1540. The van der Waals surface area contributed by atoms with Gasteiger partial charge in [0, 0.05) is 17.2 Å². The summed E-state index contributed by atoms with van der Waals surface area (Å²) in [4.78, 5) is 47.5. The number of halogens is 1. The number of amides is 2. The van der Waals surface area contributed by atoms with E-state index in [0.717, 1.165) is 34.9 Å². The average molecular weight is 556 g/mol. The van der Waals surface area contributed by atoms with Crippen molar-refractivity contribution in [3.05, 3.63) is 95.9 Å². The van der Waals surface area contributed by atoms with Gasteiger partial charge >= 0.3 is 5.69 Å². The lowest BCUT2D eigenvalue weighted by Gasteiger charge is -2.14. The summed E-state index contributed by atoms with van der Waals surface area (Å²) in [5.74, 6) is 0.536. The molecule has 0 atom stereocenters. The lowest BCUT2D eigenvalue weighted by Crippen LogP contribution is -2.27. The molecule has 0 aliphatic carbocycles. The predicted molar refractivity (Wildman–Crippen MR) is 135 cm³/mol. The average Bonchev–Trinajstić information content (AvgIpc) is 3.44. The number of benzene rings is 3. The Morgan fingerprint density at radius 3 is 2.39 bits per heavy atom. The Kier molecular flexibility index (Phi) is 6.61. The molecule has 38 heavy (non-hydrogen) atoms. The van der Waals surface area contributed by atoms with Crippen LogP contribution < -0.4 is 14.2 Å². The van der Waals surface area contributed by atoms with Gasteiger partial charge in [0.2, 0.25) is 12.5 Å². The van der Waals surface area contributed by atoms with Gasteiger partial charge < -0.3 is 14.2 Å². The van der Waals surface area contributed by atoms with Crippen molar-refractivity contribution < 1.29 is 33.6 Å². The van der Waals surface area contributed by atoms with Gasteiger partial charge in [-0.15, -0.1) is 0 Å². The predicted octanol–water partition coefficient (Wildman–Crippen LogP) is 5.91. The van der Waals surface area contributed by atoms with Gasteiger partial charge in [-0.05, 0) is 53.2 Å². The van der Waals surface area contributed by atoms with Crippen LogP contribution in [0.1, 0.15) is 11.1 Å². The first kappa shape index (κ1) is 25.0. The molecule has 0 radical (unpaired) electrons. The molecule has 2 aliphatic heterocycles. The molecule has 192 valence electrons. The fourth-order valence-electron chi connectivity index (χ4n) is 3.65. The van der Waals surface area contributed by atoms with Crippen LogP contribution >= 0.6 is 23.4 Å². The fourth-order valence-corrected chi connectivity index (χ4v) is 4.70. The molecule has 0 N–H and O–H groups in total. The molecule has 1 saturated heterocycles. The van der Waals surface area contributed by atoms with E-state index < -0.39 is 32.4 Å². The smallest absolute Gasteiger partial charge is 0.318 e. The summed E-state index contributed by atoms with van der Waals surface area (Å²) >= 11 is 7.07. The van der Waals surface area contributed by atoms with Crippen molar-refractivity contribution in [2.75, 3.05) is 6.79 Å². The number of imide groups is 1. The number of nitrogens with zero attached hydrogens (tertiary/aromatic N) is 3. The van der Waals surface area contributed by atoms with Crippen LogP contribution in [0, 0.1) is 20.2 Å². The SMILES string of the molecule is O=C1S/C(=C\c2ccc(Oc3ccc([N+](=O)[O-])cc3[N+](=O)[O-])cc2)C(=O)N1Cc1cc2c(cc1Cl)OCO2. The van der Waals surface area contributed by atoms with E-state index in [1.54, 1.807) is 24.3 Å². The first-order chi connectivity index (χ1) is 18.2. The van der Waals surface area contributed by atoms with Gasteiger partial charge in [0.15, 0.2) is 11.5 Å². The molecular weight excluding hydrogens is 542 g/mol. The summed E-state index contributed by atoms with van der Waals surface area (Å²) in [5.41, 5.74) is 0.108. The van der Waals surface area contributed by atoms with Crippen LogP contribution in [0.2, 0.25) is 5.02 Å². The number of non-ortho nitro benzene ring substituents is 1. The van der Waals surface area contributed by atoms with Gasteiger partial charge in [0.1, 0.15) is 5.75 Å². The van der Waals surface area contributed by atoms with Crippen LogP contribution in [-0.2, 0) is 11.3 Å². The second-order valence-corrected chi connectivity index (χ2v) is 9.30. The maximum absolute atomic E-state index is 12.9. The standard InChI is InChI=1S/C24H14ClN3O9S/c25-17-10-21-20(35-12-36-21)8-14(17)11-26-23(29)22(38-24(26)30)7-13-1-4-16(5-2-13)37-19-6-3-15(27(31)32)9-18(19)28(33)34/h1-10H,11-12H2/b22-7-. The molecule has 3 aromatic carbocycles. The number of fused-ring (bicyclic) bond motifs is 1. The number of nitro groups is 2. The molecule has 0 saturated carbocycles. The molecule has 2 aliphatic rings. The minimum absolute atomic E-state index is 0.0434. The van der Waals surface area contributed by atoms with E-state index in [-0.39, 0.29) is 29.7 Å². The molecule has 0 aromatic heterocycles. The van der Waals surface area contributed by atoms with Crippen molar-refractivity contribution in [1.82, 2.24) is 4.90 Å². The summed E-state index contributed by atoms with van der Waals surface area (Å²) in [6, 6.07) is 12.5. The fraction of sp³-hybridized carbons (Fsp3) is 0.0833. The Labute approximate surface area is 222 Å². The van der Waals surface area contributed by atoms with Gasteiger partial charge in [0.25, 0.3) is 16.8 Å². The van der Waals surface area contributed by atoms with E-state index in [1.165, 1.54) is 18.2 Å². The Morgan fingerprint density at radius 1 is 1.00 bits per heavy atom. The zero-order chi connectivity index (χ0) is 27.0. The number of nitro benzene ring substituents is 2. The molecule has 1 fully saturated rings. The summed E-state index contributed by atoms with van der Waals surface area (Å²) in [6.07, 6.45) is 1.53. The number of ether oxygens (including phenoxy) is 3. The third-order valence-electron chi connectivity index (χ3n) is 5.50. The first-order valence-electron chi connectivity index (χ1n) is 10.7. The van der Waals surface area contributed by atoms with E-state index in [4.69, 9.17) is 25.8 Å². The van der Waals surface area contributed by atoms with Gasteiger partial charge in [-0.1, -0.05) is 23.7 Å². The normalized spacial score (nSPS) is 15.3. The van der Waals surface area contributed by atoms with Crippen LogP contribution in [0.15, 0.2) is 59.5 Å². The molecular formula is C24H14ClN3O9S. The van der Waals surface area contributed by atoms with E-state index in [9.17, 15) is 29.8 Å². The van der Waals surface area contributed by atoms with Crippen LogP contribution in [0.5, 0.6) is 23.0 Å². The van der Waals surface area contributed by atoms with Gasteiger partial charge in [-0.25, -0.2) is 0 Å². The number of rotatable bonds is 7. The van der Waals surface area contributed by atoms with Crippen LogP contribution in [-0.4, -0.2) is 32.7 Å². The van der Waals surface area contributed by atoms with Crippen molar-refractivity contribution in [2.45, 2.75) is 6.54 Å². The first-order valence-corrected chi connectivity index (χ1v) is 11.9. The Balaban J connectivity index is 1.30. The summed E-state index contributed by atoms with van der Waals surface area (Å²) in [7, 11) is 0. The van der Waals surface area contributed by atoms with Crippen LogP contribution in [0.3, 0.4) is 0 Å². The number of hydrogen-bond acceptors (Lipinski definition) is 10. The van der Waals surface area contributed by atoms with Crippen LogP contribution in [0.25, 0.3) is 6.08 Å². The monoisotopic (exact) mass is 555 g/mol. The molecule has 2 amide bonds. The highest BCUT2D eigenvalue weighted by Crippen LogP contribution is 2.40. The second kappa shape index (κ2) is 10.0. The Hall–Kier alpha value is -4.62. The third-order valence-corrected chi connectivity index (χ3v) is 6.76. The van der Waals surface area contributed by atoms with E-state index in [2.05, 4.69) is 0 Å². The van der Waals surface area contributed by atoms with Gasteiger partial charge in [0.05, 0.1) is 27.4 Å². The maximum Gasteiger partial charge on any atom is 0.318 e. The molecule has 0 spiro atoms. The van der Waals surface area contributed by atoms with Gasteiger partial charge in [-0.3, -0.25) is 34.7 Å². The highest BCUT2D eigenvalue weighted by atomic mass is 35.5. The van der Waals surface area contributed by atoms with Crippen molar-refractivity contribution >= 4 is 52.0 Å². The maximum atomic E-state index is 12.9. The van der Waals surface area contributed by atoms with Crippen molar-refractivity contribution in [2.24, 2.45) is 0 Å². The van der Waals surface area contributed by atoms with Crippen LogP contribution in [0.4, 0.5) is 16.2 Å². The molecule has 0 bridgehead atoms. The van der Waals surface area contributed by atoms with Gasteiger partial charge in [-0.2, -0.15) is 0 Å². The lowest BCUT2D eigenvalue weighted by molar-refractivity contribution is -0.394. The molecule has 5 rings (SSSR count). The van der Waals surface area contributed by atoms with Crippen molar-refractivity contribution in [3.63, 3.8) is 0 Å². The number of thioether (sulfide) groups is 1. The quantitative estimate of drug-likeness (QED) is 0.195. The number of carbonyl (C=O) groups is 2. The van der Waals surface area contributed by atoms with Crippen molar-refractivity contribution in [3.8, 4) is 23.0 Å². The highest BCUT2D eigenvalue weighted by Gasteiger charge is 2.35. The minimum atomic E-state index is -0.774. The molecule has 12 nitrogen and oxygen atoms in total. The topological polar surface area (TPSA) is 151 Å². The highest BCUT2D eigenvalue weighted by molar-refractivity contribution is 8.18. The van der Waals surface area contributed by atoms with E-state index in [0.29, 0.717) is 27.6 Å². The summed E-state index contributed by atoms with van der Waals surface area (Å²) < 4.78 is 16.2. The van der Waals surface area contributed by atoms with Crippen molar-refractivity contribution in [1.29, 1.82) is 0 Å². The second-order valence-electron chi connectivity index (χ2n) is 7.90. The largest absolute Gasteiger partial charge is 0.454 e. The van der Waals surface area contributed by atoms with E-state index in [1.807, 2.05) is 0 Å². The summed E-state index contributed by atoms with van der Waals surface area (Å²) in [5, 5.41) is 22.1.